The Labute approximate surface area is 148 Å². The van der Waals surface area contributed by atoms with Gasteiger partial charge in [0, 0.05) is 13.6 Å². The quantitative estimate of drug-likeness (QED) is 0.666. The van der Waals surface area contributed by atoms with E-state index in [2.05, 4.69) is 6.92 Å². The summed E-state index contributed by atoms with van der Waals surface area (Å²) in [6.07, 6.45) is 0.934. The molecule has 1 saturated heterocycles. The predicted octanol–water partition coefficient (Wildman–Crippen LogP) is 1.37. The van der Waals surface area contributed by atoms with Crippen molar-refractivity contribution in [3.63, 3.8) is 0 Å². The van der Waals surface area contributed by atoms with Crippen LogP contribution in [0.5, 0.6) is 5.75 Å². The van der Waals surface area contributed by atoms with Crippen molar-refractivity contribution in [1.82, 2.24) is 14.7 Å². The fraction of sp³-hybridized carbons (Fsp3) is 0.500. The first-order valence-electron chi connectivity index (χ1n) is 8.51. The van der Waals surface area contributed by atoms with E-state index >= 15 is 0 Å². The van der Waals surface area contributed by atoms with Crippen molar-refractivity contribution in [2.75, 3.05) is 39.8 Å². The second kappa shape index (κ2) is 8.50. The van der Waals surface area contributed by atoms with Crippen LogP contribution in [0.3, 0.4) is 0 Å². The molecule has 7 heteroatoms. The molecule has 7 nitrogen and oxygen atoms in total. The summed E-state index contributed by atoms with van der Waals surface area (Å²) in [5.74, 6) is 0.171. The molecule has 136 valence electrons. The number of aryl methyl sites for hydroxylation is 1. The number of hydrogen-bond donors (Lipinski definition) is 0. The summed E-state index contributed by atoms with van der Waals surface area (Å²) >= 11 is 0. The zero-order valence-electron chi connectivity index (χ0n) is 15.0. The van der Waals surface area contributed by atoms with Gasteiger partial charge in [-0.25, -0.2) is 4.79 Å². The number of urea groups is 1. The van der Waals surface area contributed by atoms with Gasteiger partial charge in [0.15, 0.2) is 0 Å². The molecule has 1 aromatic rings. The number of rotatable bonds is 8. The van der Waals surface area contributed by atoms with E-state index in [1.54, 1.807) is 11.9 Å². The Morgan fingerprint density at radius 3 is 2.64 bits per heavy atom. The minimum absolute atomic E-state index is 0.0229. The van der Waals surface area contributed by atoms with Crippen molar-refractivity contribution < 1.29 is 19.1 Å². The molecule has 0 radical (unpaired) electrons. The van der Waals surface area contributed by atoms with E-state index in [9.17, 15) is 14.4 Å². The molecular formula is C18H25N3O4. The Hall–Kier alpha value is -2.57. The molecule has 1 aliphatic heterocycles. The zero-order chi connectivity index (χ0) is 18.4. The van der Waals surface area contributed by atoms with Crippen molar-refractivity contribution in [3.8, 4) is 5.75 Å². The number of nitrogens with zero attached hydrogens (tertiary/aromatic N) is 3. The van der Waals surface area contributed by atoms with Gasteiger partial charge in [-0.1, -0.05) is 19.1 Å². The Balaban J connectivity index is 1.85. The minimum atomic E-state index is -0.429. The van der Waals surface area contributed by atoms with E-state index < -0.39 is 6.03 Å². The summed E-state index contributed by atoms with van der Waals surface area (Å²) in [5.41, 5.74) is 1.19. The van der Waals surface area contributed by atoms with Crippen LogP contribution in [-0.2, 0) is 16.0 Å². The monoisotopic (exact) mass is 347 g/mol. The van der Waals surface area contributed by atoms with E-state index in [1.165, 1.54) is 10.5 Å². The van der Waals surface area contributed by atoms with Crippen molar-refractivity contribution in [3.05, 3.63) is 29.8 Å². The summed E-state index contributed by atoms with van der Waals surface area (Å²) in [6.45, 7) is 4.98. The van der Waals surface area contributed by atoms with Gasteiger partial charge in [0.1, 0.15) is 25.4 Å². The molecule has 1 aliphatic rings. The third-order valence-electron chi connectivity index (χ3n) is 4.20. The van der Waals surface area contributed by atoms with Gasteiger partial charge in [0.2, 0.25) is 5.91 Å². The van der Waals surface area contributed by atoms with E-state index in [0.29, 0.717) is 19.7 Å². The molecule has 0 N–H and O–H groups in total. The molecule has 1 fully saturated rings. The molecule has 25 heavy (non-hydrogen) atoms. The molecule has 1 aromatic carbocycles. The number of imide groups is 1. The van der Waals surface area contributed by atoms with Gasteiger partial charge in [0.05, 0.1) is 6.54 Å². The first kappa shape index (κ1) is 18.8. The van der Waals surface area contributed by atoms with Crippen LogP contribution < -0.4 is 4.74 Å². The first-order chi connectivity index (χ1) is 12.0. The van der Waals surface area contributed by atoms with E-state index in [-0.39, 0.29) is 24.9 Å². The number of carbonyl (C=O) groups excluding carboxylic acids is 3. The van der Waals surface area contributed by atoms with Crippen LogP contribution in [0, 0.1) is 0 Å². The molecule has 0 spiro atoms. The molecule has 0 saturated carbocycles. The standard InChI is InChI=1S/C18H25N3O4/c1-4-14-7-6-8-15(11-14)25-10-9-20(5-2)16(22)13-21-17(23)12-19(3)18(21)24/h6-8,11H,4-5,9-10,12-13H2,1-3H3. The average molecular weight is 347 g/mol. The second-order valence-electron chi connectivity index (χ2n) is 5.94. The maximum Gasteiger partial charge on any atom is 0.327 e. The van der Waals surface area contributed by atoms with Gasteiger partial charge in [-0.15, -0.1) is 0 Å². The Morgan fingerprint density at radius 1 is 1.28 bits per heavy atom. The molecule has 2 rings (SSSR count). The molecule has 0 unspecified atom stereocenters. The number of hydrogen-bond acceptors (Lipinski definition) is 4. The minimum Gasteiger partial charge on any atom is -0.492 e. The fourth-order valence-electron chi connectivity index (χ4n) is 2.65. The normalized spacial score (nSPS) is 14.2. The number of carbonyl (C=O) groups is 3. The Morgan fingerprint density at radius 2 is 2.04 bits per heavy atom. The highest BCUT2D eigenvalue weighted by molar-refractivity contribution is 6.04. The SMILES string of the molecule is CCc1cccc(OCCN(CC)C(=O)CN2C(=O)CN(C)C2=O)c1. The van der Waals surface area contributed by atoms with Gasteiger partial charge in [-0.05, 0) is 31.0 Å². The first-order valence-corrected chi connectivity index (χ1v) is 8.51. The van der Waals surface area contributed by atoms with Crippen LogP contribution in [0.15, 0.2) is 24.3 Å². The van der Waals surface area contributed by atoms with Gasteiger partial charge in [0.25, 0.3) is 5.91 Å². The smallest absolute Gasteiger partial charge is 0.327 e. The number of amides is 4. The second-order valence-corrected chi connectivity index (χ2v) is 5.94. The lowest BCUT2D eigenvalue weighted by Crippen LogP contribution is -2.44. The van der Waals surface area contributed by atoms with Crippen LogP contribution in [0.25, 0.3) is 0 Å². The third-order valence-corrected chi connectivity index (χ3v) is 4.20. The third kappa shape index (κ3) is 4.71. The summed E-state index contributed by atoms with van der Waals surface area (Å²) in [7, 11) is 1.54. The summed E-state index contributed by atoms with van der Waals surface area (Å²) in [6, 6.07) is 7.42. The highest BCUT2D eigenvalue weighted by Crippen LogP contribution is 2.14. The van der Waals surface area contributed by atoms with Crippen LogP contribution in [0.2, 0.25) is 0 Å². The van der Waals surface area contributed by atoms with Crippen molar-refractivity contribution in [2.45, 2.75) is 20.3 Å². The van der Waals surface area contributed by atoms with Crippen LogP contribution in [0.1, 0.15) is 19.4 Å². The maximum atomic E-state index is 12.4. The van der Waals surface area contributed by atoms with Crippen molar-refractivity contribution in [2.24, 2.45) is 0 Å². The molecular weight excluding hydrogens is 322 g/mol. The van der Waals surface area contributed by atoms with Gasteiger partial charge < -0.3 is 14.5 Å². The largest absolute Gasteiger partial charge is 0.492 e. The zero-order valence-corrected chi connectivity index (χ0v) is 15.0. The van der Waals surface area contributed by atoms with E-state index in [0.717, 1.165) is 17.1 Å². The summed E-state index contributed by atoms with van der Waals surface area (Å²) in [5, 5.41) is 0. The van der Waals surface area contributed by atoms with E-state index in [4.69, 9.17) is 4.74 Å². The number of ether oxygens (including phenoxy) is 1. The van der Waals surface area contributed by atoms with Crippen LogP contribution in [-0.4, -0.2) is 72.4 Å². The van der Waals surface area contributed by atoms with Crippen LogP contribution >= 0.6 is 0 Å². The highest BCUT2D eigenvalue weighted by atomic mass is 16.5. The van der Waals surface area contributed by atoms with E-state index in [1.807, 2.05) is 31.2 Å². The summed E-state index contributed by atoms with van der Waals surface area (Å²) in [4.78, 5) is 39.9. The number of likely N-dealkylation sites (N-methyl/N-ethyl adjacent to an activating group) is 2. The van der Waals surface area contributed by atoms with Gasteiger partial charge >= 0.3 is 6.03 Å². The molecule has 0 bridgehead atoms. The van der Waals surface area contributed by atoms with Crippen molar-refractivity contribution >= 4 is 17.8 Å². The lowest BCUT2D eigenvalue weighted by atomic mass is 10.2. The van der Waals surface area contributed by atoms with Crippen LogP contribution in [0.4, 0.5) is 4.79 Å². The molecule has 4 amide bonds. The molecule has 1 heterocycles. The van der Waals surface area contributed by atoms with Crippen molar-refractivity contribution in [1.29, 1.82) is 0 Å². The lowest BCUT2D eigenvalue weighted by Gasteiger charge is -2.23. The number of benzene rings is 1. The van der Waals surface area contributed by atoms with Gasteiger partial charge in [-0.2, -0.15) is 0 Å². The molecule has 0 atom stereocenters. The molecule has 0 aromatic heterocycles. The Bertz CT molecular complexity index is 647. The highest BCUT2D eigenvalue weighted by Gasteiger charge is 2.35. The fourth-order valence-corrected chi connectivity index (χ4v) is 2.65. The molecule has 0 aliphatic carbocycles. The summed E-state index contributed by atoms with van der Waals surface area (Å²) < 4.78 is 5.71. The van der Waals surface area contributed by atoms with Gasteiger partial charge in [-0.3, -0.25) is 14.5 Å². The maximum absolute atomic E-state index is 12.4. The Kier molecular flexibility index (Phi) is 6.38. The predicted molar refractivity (Wildman–Crippen MR) is 93.3 cm³/mol. The topological polar surface area (TPSA) is 70.2 Å². The lowest BCUT2D eigenvalue weighted by molar-refractivity contribution is -0.136. The average Bonchev–Trinajstić information content (AvgIpc) is 2.85.